The number of nitrogens with zero attached hydrogens (tertiary/aromatic N) is 1. The summed E-state index contributed by atoms with van der Waals surface area (Å²) < 4.78 is 5.58. The molecule has 2 aliphatic rings. The minimum atomic E-state index is -0.424. The molecule has 4 heteroatoms. The molecule has 1 saturated carbocycles. The molecule has 2 fully saturated rings. The van der Waals surface area contributed by atoms with E-state index < -0.39 is 5.60 Å². The maximum absolute atomic E-state index is 12.4. The number of piperidine rings is 1. The third-order valence-electron chi connectivity index (χ3n) is 5.45. The SMILES string of the molecule is CC(NC1CCCN(C(=O)OC(C)(C)C)C1C)C1CCCCC1. The van der Waals surface area contributed by atoms with E-state index in [1.165, 1.54) is 32.1 Å². The normalized spacial score (nSPS) is 28.5. The topological polar surface area (TPSA) is 41.6 Å². The molecule has 0 aromatic heterocycles. The number of ether oxygens (including phenoxy) is 1. The summed E-state index contributed by atoms with van der Waals surface area (Å²) in [5, 5.41) is 3.84. The van der Waals surface area contributed by atoms with Gasteiger partial charge in [-0.25, -0.2) is 4.79 Å². The number of amides is 1. The Hall–Kier alpha value is -0.770. The van der Waals surface area contributed by atoms with Crippen molar-refractivity contribution in [1.29, 1.82) is 0 Å². The van der Waals surface area contributed by atoms with Crippen LogP contribution in [-0.4, -0.2) is 41.3 Å². The van der Waals surface area contributed by atoms with E-state index in [9.17, 15) is 4.79 Å². The van der Waals surface area contributed by atoms with Gasteiger partial charge in [0, 0.05) is 24.7 Å². The Balaban J connectivity index is 1.90. The molecule has 0 aromatic rings. The Morgan fingerprint density at radius 1 is 1.13 bits per heavy atom. The van der Waals surface area contributed by atoms with Crippen molar-refractivity contribution >= 4 is 6.09 Å². The minimum Gasteiger partial charge on any atom is -0.444 e. The van der Waals surface area contributed by atoms with Gasteiger partial charge in [-0.15, -0.1) is 0 Å². The molecule has 1 aliphatic carbocycles. The van der Waals surface area contributed by atoms with Crippen molar-refractivity contribution in [2.75, 3.05) is 6.54 Å². The summed E-state index contributed by atoms with van der Waals surface area (Å²) in [6.45, 7) is 11.1. The molecular weight excluding hydrogens is 288 g/mol. The van der Waals surface area contributed by atoms with Crippen LogP contribution in [0.15, 0.2) is 0 Å². The van der Waals surface area contributed by atoms with Crippen LogP contribution in [0.1, 0.15) is 79.6 Å². The molecular formula is C19H36N2O2. The van der Waals surface area contributed by atoms with Gasteiger partial charge in [0.2, 0.25) is 0 Å². The third kappa shape index (κ3) is 5.37. The molecule has 0 aromatic carbocycles. The molecule has 1 heterocycles. The van der Waals surface area contributed by atoms with Gasteiger partial charge < -0.3 is 15.0 Å². The fourth-order valence-corrected chi connectivity index (χ4v) is 4.05. The van der Waals surface area contributed by atoms with Gasteiger partial charge >= 0.3 is 6.09 Å². The average Bonchev–Trinajstić information content (AvgIpc) is 2.48. The standard InChI is InChI=1S/C19H36N2O2/c1-14(16-10-7-6-8-11-16)20-17-12-9-13-21(15(17)2)18(22)23-19(3,4)5/h14-17,20H,6-13H2,1-5H3. The van der Waals surface area contributed by atoms with Gasteiger partial charge in [-0.3, -0.25) is 0 Å². The number of rotatable bonds is 3. The number of carbonyl (C=O) groups is 1. The van der Waals surface area contributed by atoms with E-state index in [1.54, 1.807) is 0 Å². The van der Waals surface area contributed by atoms with Gasteiger partial charge in [-0.2, -0.15) is 0 Å². The summed E-state index contributed by atoms with van der Waals surface area (Å²) >= 11 is 0. The van der Waals surface area contributed by atoms with Crippen LogP contribution in [0.25, 0.3) is 0 Å². The molecule has 1 N–H and O–H groups in total. The summed E-state index contributed by atoms with van der Waals surface area (Å²) in [5.41, 5.74) is -0.424. The van der Waals surface area contributed by atoms with Crippen molar-refractivity contribution in [2.24, 2.45) is 5.92 Å². The third-order valence-corrected chi connectivity index (χ3v) is 5.45. The first-order chi connectivity index (χ1) is 10.8. The van der Waals surface area contributed by atoms with Crippen LogP contribution in [0.5, 0.6) is 0 Å². The fraction of sp³-hybridized carbons (Fsp3) is 0.947. The highest BCUT2D eigenvalue weighted by Crippen LogP contribution is 2.28. The van der Waals surface area contributed by atoms with Crippen LogP contribution in [0.4, 0.5) is 4.79 Å². The first-order valence-corrected chi connectivity index (χ1v) is 9.53. The molecule has 0 bridgehead atoms. The van der Waals surface area contributed by atoms with E-state index in [-0.39, 0.29) is 12.1 Å². The molecule has 0 radical (unpaired) electrons. The van der Waals surface area contributed by atoms with Crippen molar-refractivity contribution in [2.45, 2.75) is 103 Å². The number of carbonyl (C=O) groups excluding carboxylic acids is 1. The molecule has 0 spiro atoms. The maximum atomic E-state index is 12.4. The van der Waals surface area contributed by atoms with Gasteiger partial charge in [-0.1, -0.05) is 19.3 Å². The van der Waals surface area contributed by atoms with Crippen molar-refractivity contribution in [3.8, 4) is 0 Å². The summed E-state index contributed by atoms with van der Waals surface area (Å²) in [5.74, 6) is 0.799. The first kappa shape index (κ1) is 18.6. The molecule has 3 atom stereocenters. The molecule has 23 heavy (non-hydrogen) atoms. The fourth-order valence-electron chi connectivity index (χ4n) is 4.05. The smallest absolute Gasteiger partial charge is 0.410 e. The monoisotopic (exact) mass is 324 g/mol. The number of hydrogen-bond acceptors (Lipinski definition) is 3. The van der Waals surface area contributed by atoms with Crippen molar-refractivity contribution < 1.29 is 9.53 Å². The molecule has 3 unspecified atom stereocenters. The van der Waals surface area contributed by atoms with Crippen molar-refractivity contribution in [3.05, 3.63) is 0 Å². The Morgan fingerprint density at radius 2 is 1.78 bits per heavy atom. The maximum Gasteiger partial charge on any atom is 0.410 e. The van der Waals surface area contributed by atoms with Crippen LogP contribution in [0, 0.1) is 5.92 Å². The predicted molar refractivity (Wildman–Crippen MR) is 94.6 cm³/mol. The molecule has 134 valence electrons. The van der Waals surface area contributed by atoms with Gasteiger partial charge in [0.25, 0.3) is 0 Å². The van der Waals surface area contributed by atoms with Gasteiger partial charge in [-0.05, 0) is 66.2 Å². The quantitative estimate of drug-likeness (QED) is 0.840. The number of hydrogen-bond donors (Lipinski definition) is 1. The van der Waals surface area contributed by atoms with E-state index in [1.807, 2.05) is 25.7 Å². The number of nitrogens with one attached hydrogen (secondary N) is 1. The Bertz CT molecular complexity index is 385. The highest BCUT2D eigenvalue weighted by atomic mass is 16.6. The van der Waals surface area contributed by atoms with E-state index in [0.29, 0.717) is 12.1 Å². The average molecular weight is 325 g/mol. The predicted octanol–water partition coefficient (Wildman–Crippen LogP) is 4.33. The first-order valence-electron chi connectivity index (χ1n) is 9.53. The highest BCUT2D eigenvalue weighted by Gasteiger charge is 2.35. The molecule has 1 saturated heterocycles. The second-order valence-corrected chi connectivity index (χ2v) is 8.52. The van der Waals surface area contributed by atoms with E-state index in [2.05, 4.69) is 19.2 Å². The number of likely N-dealkylation sites (tertiary alicyclic amines) is 1. The lowest BCUT2D eigenvalue weighted by Crippen LogP contribution is -2.57. The molecule has 1 amide bonds. The van der Waals surface area contributed by atoms with Crippen LogP contribution in [0.3, 0.4) is 0 Å². The lowest BCUT2D eigenvalue weighted by Gasteiger charge is -2.42. The van der Waals surface area contributed by atoms with Crippen molar-refractivity contribution in [3.63, 3.8) is 0 Å². The second-order valence-electron chi connectivity index (χ2n) is 8.52. The summed E-state index contributed by atoms with van der Waals surface area (Å²) in [7, 11) is 0. The molecule has 4 nitrogen and oxygen atoms in total. The lowest BCUT2D eigenvalue weighted by atomic mass is 9.83. The molecule has 1 aliphatic heterocycles. The second kappa shape index (κ2) is 7.87. The van der Waals surface area contributed by atoms with Crippen LogP contribution < -0.4 is 5.32 Å². The van der Waals surface area contributed by atoms with Crippen LogP contribution in [0.2, 0.25) is 0 Å². The van der Waals surface area contributed by atoms with E-state index >= 15 is 0 Å². The molecule has 2 rings (SSSR count). The Morgan fingerprint density at radius 3 is 2.39 bits per heavy atom. The van der Waals surface area contributed by atoms with Gasteiger partial charge in [0.15, 0.2) is 0 Å². The summed E-state index contributed by atoms with van der Waals surface area (Å²) in [4.78, 5) is 14.3. The highest BCUT2D eigenvalue weighted by molar-refractivity contribution is 5.68. The zero-order valence-electron chi connectivity index (χ0n) is 15.7. The van der Waals surface area contributed by atoms with E-state index in [0.717, 1.165) is 25.3 Å². The zero-order valence-corrected chi connectivity index (χ0v) is 15.7. The van der Waals surface area contributed by atoms with Crippen LogP contribution >= 0.6 is 0 Å². The summed E-state index contributed by atoms with van der Waals surface area (Å²) in [6, 6.07) is 1.12. The van der Waals surface area contributed by atoms with Crippen molar-refractivity contribution in [1.82, 2.24) is 10.2 Å². The minimum absolute atomic E-state index is 0.165. The van der Waals surface area contributed by atoms with Gasteiger partial charge in [0.05, 0.1) is 0 Å². The van der Waals surface area contributed by atoms with E-state index in [4.69, 9.17) is 4.74 Å². The van der Waals surface area contributed by atoms with Gasteiger partial charge in [0.1, 0.15) is 5.60 Å². The van der Waals surface area contributed by atoms with Crippen LogP contribution in [-0.2, 0) is 4.74 Å². The lowest BCUT2D eigenvalue weighted by molar-refractivity contribution is 0.00575. The Labute approximate surface area is 142 Å². The largest absolute Gasteiger partial charge is 0.444 e. The Kier molecular flexibility index (Phi) is 6.35. The summed E-state index contributed by atoms with van der Waals surface area (Å²) in [6.07, 6.45) is 8.89. The zero-order chi connectivity index (χ0) is 17.0.